The van der Waals surface area contributed by atoms with Gasteiger partial charge in [0.05, 0.1) is 14.2 Å². The van der Waals surface area contributed by atoms with Gasteiger partial charge >= 0.3 is 0 Å². The third-order valence-electron chi connectivity index (χ3n) is 4.27. The van der Waals surface area contributed by atoms with Crippen LogP contribution in [0, 0.1) is 0 Å². The number of anilines is 1. The van der Waals surface area contributed by atoms with E-state index in [2.05, 4.69) is 67.5 Å². The third kappa shape index (κ3) is 3.84. The summed E-state index contributed by atoms with van der Waals surface area (Å²) in [6.07, 6.45) is 0. The van der Waals surface area contributed by atoms with Crippen LogP contribution >= 0.6 is 7.92 Å². The lowest BCUT2D eigenvalue weighted by Gasteiger charge is -2.25. The molecule has 26 heavy (non-hydrogen) atoms. The van der Waals surface area contributed by atoms with E-state index in [9.17, 15) is 0 Å². The van der Waals surface area contributed by atoms with E-state index in [0.29, 0.717) is 0 Å². The fraction of sp³-hybridized carbons (Fsp3) is 0.182. The molecule has 0 fully saturated rings. The first-order chi connectivity index (χ1) is 12.6. The van der Waals surface area contributed by atoms with Gasteiger partial charge in [-0.25, -0.2) is 0 Å². The Morgan fingerprint density at radius 3 is 1.54 bits per heavy atom. The van der Waals surface area contributed by atoms with Crippen LogP contribution in [0.4, 0.5) is 5.69 Å². The molecule has 0 heterocycles. The Morgan fingerprint density at radius 1 is 0.654 bits per heavy atom. The van der Waals surface area contributed by atoms with E-state index in [1.807, 2.05) is 24.3 Å². The standard InChI is InChI=1S/C22H24NO2P/c1-23(2)21-7-5-6-8-22(21)26(19-13-9-17(24-3)10-14-19)20-15-11-18(25-4)12-16-20/h5-16H,1-4H3. The van der Waals surface area contributed by atoms with Crippen LogP contribution in [0.5, 0.6) is 11.5 Å². The van der Waals surface area contributed by atoms with Gasteiger partial charge in [0.2, 0.25) is 0 Å². The van der Waals surface area contributed by atoms with E-state index in [1.165, 1.54) is 21.6 Å². The predicted octanol–water partition coefficient (Wildman–Crippen LogP) is 3.53. The monoisotopic (exact) mass is 365 g/mol. The smallest absolute Gasteiger partial charge is 0.118 e. The Kier molecular flexibility index (Phi) is 5.80. The summed E-state index contributed by atoms with van der Waals surface area (Å²) < 4.78 is 10.7. The Labute approximate surface area is 156 Å². The van der Waals surface area contributed by atoms with Crippen molar-refractivity contribution in [1.29, 1.82) is 0 Å². The van der Waals surface area contributed by atoms with E-state index >= 15 is 0 Å². The van der Waals surface area contributed by atoms with Gasteiger partial charge in [-0.15, -0.1) is 0 Å². The molecule has 0 unspecified atom stereocenters. The number of hydrogen-bond donors (Lipinski definition) is 0. The largest absolute Gasteiger partial charge is 0.497 e. The van der Waals surface area contributed by atoms with Gasteiger partial charge < -0.3 is 14.4 Å². The minimum absolute atomic E-state index is 0.687. The molecule has 3 nitrogen and oxygen atoms in total. The van der Waals surface area contributed by atoms with Crippen molar-refractivity contribution in [3.63, 3.8) is 0 Å². The zero-order valence-electron chi connectivity index (χ0n) is 15.6. The molecule has 0 aliphatic carbocycles. The van der Waals surface area contributed by atoms with Crippen molar-refractivity contribution in [2.24, 2.45) is 0 Å². The predicted molar refractivity (Wildman–Crippen MR) is 113 cm³/mol. The van der Waals surface area contributed by atoms with Crippen molar-refractivity contribution in [2.75, 3.05) is 33.2 Å². The van der Waals surface area contributed by atoms with Crippen LogP contribution in [-0.4, -0.2) is 28.3 Å². The highest BCUT2D eigenvalue weighted by Crippen LogP contribution is 2.37. The zero-order valence-corrected chi connectivity index (χ0v) is 16.5. The molecule has 134 valence electrons. The minimum Gasteiger partial charge on any atom is -0.497 e. The van der Waals surface area contributed by atoms with Gasteiger partial charge in [-0.1, -0.05) is 42.5 Å². The van der Waals surface area contributed by atoms with E-state index < -0.39 is 7.92 Å². The van der Waals surface area contributed by atoms with Crippen molar-refractivity contribution >= 4 is 29.5 Å². The van der Waals surface area contributed by atoms with Crippen LogP contribution in [0.3, 0.4) is 0 Å². The molecule has 0 atom stereocenters. The average molecular weight is 365 g/mol. The molecule has 0 aromatic heterocycles. The molecule has 0 bridgehead atoms. The van der Waals surface area contributed by atoms with Gasteiger partial charge in [-0.2, -0.15) is 0 Å². The number of ether oxygens (including phenoxy) is 2. The lowest BCUT2D eigenvalue weighted by molar-refractivity contribution is 0.415. The summed E-state index contributed by atoms with van der Waals surface area (Å²) in [5, 5.41) is 3.92. The second kappa shape index (κ2) is 8.25. The van der Waals surface area contributed by atoms with E-state index in [4.69, 9.17) is 9.47 Å². The van der Waals surface area contributed by atoms with Crippen LogP contribution in [0.15, 0.2) is 72.8 Å². The SMILES string of the molecule is COc1ccc(P(c2ccc(OC)cc2)c2ccccc2N(C)C)cc1. The molecular weight excluding hydrogens is 341 g/mol. The Bertz CT molecular complexity index is 797. The highest BCUT2D eigenvalue weighted by atomic mass is 31.1. The van der Waals surface area contributed by atoms with Gasteiger partial charge in [0.15, 0.2) is 0 Å². The Balaban J connectivity index is 2.15. The van der Waals surface area contributed by atoms with Crippen LogP contribution in [0.1, 0.15) is 0 Å². The fourth-order valence-corrected chi connectivity index (χ4v) is 5.41. The number of methoxy groups -OCH3 is 2. The molecule has 0 saturated carbocycles. The van der Waals surface area contributed by atoms with Crippen molar-refractivity contribution in [2.45, 2.75) is 0 Å². The highest BCUT2D eigenvalue weighted by Gasteiger charge is 2.20. The summed E-state index contributed by atoms with van der Waals surface area (Å²) in [6.45, 7) is 0. The molecule has 0 aliphatic rings. The topological polar surface area (TPSA) is 21.7 Å². The second-order valence-corrected chi connectivity index (χ2v) is 8.30. The molecule has 0 saturated heterocycles. The lowest BCUT2D eigenvalue weighted by atomic mass is 10.3. The zero-order chi connectivity index (χ0) is 18.5. The van der Waals surface area contributed by atoms with Gasteiger partial charge in [0.25, 0.3) is 0 Å². The summed E-state index contributed by atoms with van der Waals surface area (Å²) in [5.74, 6) is 1.75. The summed E-state index contributed by atoms with van der Waals surface area (Å²) >= 11 is 0. The minimum atomic E-state index is -0.687. The molecule has 0 N–H and O–H groups in total. The lowest BCUT2D eigenvalue weighted by Crippen LogP contribution is -2.25. The number of para-hydroxylation sites is 1. The van der Waals surface area contributed by atoms with Crippen LogP contribution in [-0.2, 0) is 0 Å². The van der Waals surface area contributed by atoms with Crippen molar-refractivity contribution < 1.29 is 9.47 Å². The summed E-state index contributed by atoms with van der Waals surface area (Å²) in [4.78, 5) is 2.18. The molecule has 3 aromatic carbocycles. The highest BCUT2D eigenvalue weighted by molar-refractivity contribution is 7.80. The van der Waals surface area contributed by atoms with Crippen LogP contribution < -0.4 is 30.3 Å². The third-order valence-corrected chi connectivity index (χ3v) is 6.75. The average Bonchev–Trinajstić information content (AvgIpc) is 2.69. The first-order valence-corrected chi connectivity index (χ1v) is 9.83. The van der Waals surface area contributed by atoms with Crippen LogP contribution in [0.2, 0.25) is 0 Å². The van der Waals surface area contributed by atoms with Gasteiger partial charge in [-0.05, 0) is 48.9 Å². The van der Waals surface area contributed by atoms with Gasteiger partial charge in [0.1, 0.15) is 11.5 Å². The number of benzene rings is 3. The van der Waals surface area contributed by atoms with Crippen LogP contribution in [0.25, 0.3) is 0 Å². The normalized spacial score (nSPS) is 10.7. The molecule has 3 aromatic rings. The Morgan fingerprint density at radius 2 is 1.12 bits per heavy atom. The number of nitrogens with zero attached hydrogens (tertiary/aromatic N) is 1. The molecule has 0 aliphatic heterocycles. The summed E-state index contributed by atoms with van der Waals surface area (Å²) in [7, 11) is 6.89. The molecule has 4 heteroatoms. The maximum Gasteiger partial charge on any atom is 0.118 e. The quantitative estimate of drug-likeness (QED) is 0.624. The van der Waals surface area contributed by atoms with Crippen molar-refractivity contribution in [3.05, 3.63) is 72.8 Å². The summed E-state index contributed by atoms with van der Waals surface area (Å²) in [5.41, 5.74) is 1.24. The number of hydrogen-bond acceptors (Lipinski definition) is 3. The van der Waals surface area contributed by atoms with Crippen molar-refractivity contribution in [1.82, 2.24) is 0 Å². The first-order valence-electron chi connectivity index (χ1n) is 8.48. The molecule has 3 rings (SSSR count). The maximum absolute atomic E-state index is 5.34. The van der Waals surface area contributed by atoms with Gasteiger partial charge in [0, 0.05) is 25.1 Å². The van der Waals surface area contributed by atoms with Gasteiger partial charge in [-0.3, -0.25) is 0 Å². The second-order valence-electron chi connectivity index (χ2n) is 6.11. The van der Waals surface area contributed by atoms with E-state index in [1.54, 1.807) is 14.2 Å². The molecule has 0 amide bonds. The summed E-state index contributed by atoms with van der Waals surface area (Å²) in [6, 6.07) is 25.4. The molecule has 0 radical (unpaired) electrons. The molecule has 0 spiro atoms. The first kappa shape index (κ1) is 18.3. The number of rotatable bonds is 6. The maximum atomic E-state index is 5.34. The van der Waals surface area contributed by atoms with E-state index in [-0.39, 0.29) is 0 Å². The fourth-order valence-electron chi connectivity index (χ4n) is 2.92. The van der Waals surface area contributed by atoms with Crippen molar-refractivity contribution in [3.8, 4) is 11.5 Å². The van der Waals surface area contributed by atoms with E-state index in [0.717, 1.165) is 11.5 Å². The Hall–Kier alpha value is -2.51. The molecular formula is C22H24NO2P.